The van der Waals surface area contributed by atoms with Crippen molar-refractivity contribution in [3.63, 3.8) is 0 Å². The van der Waals surface area contributed by atoms with E-state index in [9.17, 15) is 8.42 Å². The van der Waals surface area contributed by atoms with Gasteiger partial charge in [-0.15, -0.1) is 0 Å². The molecule has 0 atom stereocenters. The number of nitrogens with one attached hydrogen (secondary N) is 2. The van der Waals surface area contributed by atoms with Crippen LogP contribution in [0.25, 0.3) is 0 Å². The summed E-state index contributed by atoms with van der Waals surface area (Å²) in [6.07, 6.45) is 1.68. The van der Waals surface area contributed by atoms with Crippen molar-refractivity contribution in [2.75, 3.05) is 32.1 Å². The quantitative estimate of drug-likeness (QED) is 0.808. The molecule has 1 aliphatic heterocycles. The molecule has 0 saturated carbocycles. The van der Waals surface area contributed by atoms with Gasteiger partial charge in [-0.05, 0) is 42.0 Å². The first-order valence-electron chi connectivity index (χ1n) is 7.19. The van der Waals surface area contributed by atoms with Crippen LogP contribution in [0.15, 0.2) is 23.1 Å². The van der Waals surface area contributed by atoms with Gasteiger partial charge in [0.1, 0.15) is 0 Å². The van der Waals surface area contributed by atoms with Crippen LogP contribution in [-0.4, -0.2) is 35.2 Å². The zero-order chi connectivity index (χ0) is 15.5. The lowest BCUT2D eigenvalue weighted by Crippen LogP contribution is -2.34. The van der Waals surface area contributed by atoms with Crippen molar-refractivity contribution >= 4 is 15.7 Å². The number of benzene rings is 1. The fourth-order valence-electron chi connectivity index (χ4n) is 2.29. The molecule has 0 aliphatic carbocycles. The summed E-state index contributed by atoms with van der Waals surface area (Å²) in [6.45, 7) is 5.95. The summed E-state index contributed by atoms with van der Waals surface area (Å²) in [5.74, 6) is 0. The summed E-state index contributed by atoms with van der Waals surface area (Å²) in [6, 6.07) is 5.26. The molecule has 0 bridgehead atoms. The Bertz CT molecular complexity index is 597. The first-order chi connectivity index (χ1) is 9.84. The van der Waals surface area contributed by atoms with Crippen molar-refractivity contribution in [2.24, 2.45) is 5.41 Å². The summed E-state index contributed by atoms with van der Waals surface area (Å²) in [5.41, 5.74) is 1.97. The summed E-state index contributed by atoms with van der Waals surface area (Å²) < 4.78 is 32.6. The van der Waals surface area contributed by atoms with Crippen molar-refractivity contribution in [3.8, 4) is 0 Å². The summed E-state index contributed by atoms with van der Waals surface area (Å²) in [4.78, 5) is 0.340. The molecule has 5 nitrogen and oxygen atoms in total. The topological polar surface area (TPSA) is 67.4 Å². The Labute approximate surface area is 127 Å². The molecule has 1 heterocycles. The molecule has 1 aromatic carbocycles. The molecule has 2 rings (SSSR count). The second kappa shape index (κ2) is 6.34. The lowest BCUT2D eigenvalue weighted by molar-refractivity contribution is 0.153. The van der Waals surface area contributed by atoms with Crippen LogP contribution in [-0.2, 0) is 21.2 Å². The normalized spacial score (nSPS) is 14.8. The highest BCUT2D eigenvalue weighted by Gasteiger charge is 2.23. The van der Waals surface area contributed by atoms with E-state index >= 15 is 0 Å². The van der Waals surface area contributed by atoms with Gasteiger partial charge in [0.15, 0.2) is 0 Å². The maximum atomic E-state index is 12.4. The van der Waals surface area contributed by atoms with Crippen LogP contribution in [0.4, 0.5) is 5.69 Å². The fourth-order valence-corrected chi connectivity index (χ4v) is 3.58. The van der Waals surface area contributed by atoms with Crippen LogP contribution in [0.3, 0.4) is 0 Å². The molecule has 0 fully saturated rings. The number of sulfonamides is 1. The van der Waals surface area contributed by atoms with Crippen LogP contribution in [0.5, 0.6) is 0 Å². The minimum Gasteiger partial charge on any atom is -0.385 e. The Morgan fingerprint density at radius 1 is 1.38 bits per heavy atom. The van der Waals surface area contributed by atoms with Gasteiger partial charge in [-0.25, -0.2) is 13.1 Å². The third kappa shape index (κ3) is 4.18. The molecule has 0 radical (unpaired) electrons. The first-order valence-corrected chi connectivity index (χ1v) is 8.68. The molecule has 2 N–H and O–H groups in total. The van der Waals surface area contributed by atoms with E-state index in [4.69, 9.17) is 4.74 Å². The van der Waals surface area contributed by atoms with E-state index in [-0.39, 0.29) is 5.41 Å². The zero-order valence-electron chi connectivity index (χ0n) is 12.9. The second-order valence-corrected chi connectivity index (χ2v) is 7.99. The number of methoxy groups -OCH3 is 1. The average molecular weight is 312 g/mol. The van der Waals surface area contributed by atoms with Crippen LogP contribution >= 0.6 is 0 Å². The van der Waals surface area contributed by atoms with Gasteiger partial charge in [-0.1, -0.05) is 13.8 Å². The first kappa shape index (κ1) is 16.3. The molecule has 0 spiro atoms. The van der Waals surface area contributed by atoms with E-state index in [0.29, 0.717) is 18.0 Å². The largest absolute Gasteiger partial charge is 0.385 e. The van der Waals surface area contributed by atoms with Crippen molar-refractivity contribution in [1.82, 2.24) is 4.72 Å². The molecule has 0 saturated heterocycles. The number of hydrogen-bond acceptors (Lipinski definition) is 4. The van der Waals surface area contributed by atoms with Gasteiger partial charge in [-0.3, -0.25) is 0 Å². The van der Waals surface area contributed by atoms with E-state index in [2.05, 4.69) is 10.0 Å². The average Bonchev–Trinajstić information content (AvgIpc) is 2.91. The Morgan fingerprint density at radius 2 is 2.14 bits per heavy atom. The maximum absolute atomic E-state index is 12.4. The second-order valence-electron chi connectivity index (χ2n) is 6.23. The molecule has 0 amide bonds. The highest BCUT2D eigenvalue weighted by molar-refractivity contribution is 7.89. The molecule has 0 unspecified atom stereocenters. The van der Waals surface area contributed by atoms with Crippen molar-refractivity contribution in [3.05, 3.63) is 23.8 Å². The Kier molecular flexibility index (Phi) is 4.91. The fraction of sp³-hybridized carbons (Fsp3) is 0.600. The van der Waals surface area contributed by atoms with Crippen LogP contribution in [0, 0.1) is 5.41 Å². The SMILES string of the molecule is COCCC(C)(C)CNS(=O)(=O)c1ccc2c(c1)CCN2. The number of fused-ring (bicyclic) bond motifs is 1. The van der Waals surface area contributed by atoms with E-state index in [1.54, 1.807) is 19.2 Å². The molecular formula is C15H24N2O3S. The molecule has 21 heavy (non-hydrogen) atoms. The number of ether oxygens (including phenoxy) is 1. The standard InChI is InChI=1S/C15H24N2O3S/c1-15(2,7-9-20-3)11-17-21(18,19)13-4-5-14-12(10-13)6-8-16-14/h4-5,10,16-17H,6-9,11H2,1-3H3. The number of hydrogen-bond donors (Lipinski definition) is 2. The summed E-state index contributed by atoms with van der Waals surface area (Å²) in [5, 5.41) is 3.23. The van der Waals surface area contributed by atoms with E-state index in [1.807, 2.05) is 19.9 Å². The van der Waals surface area contributed by atoms with Crippen LogP contribution in [0.1, 0.15) is 25.8 Å². The van der Waals surface area contributed by atoms with Gasteiger partial charge in [0.05, 0.1) is 4.90 Å². The van der Waals surface area contributed by atoms with Crippen molar-refractivity contribution in [1.29, 1.82) is 0 Å². The molecular weight excluding hydrogens is 288 g/mol. The van der Waals surface area contributed by atoms with Crippen LogP contribution in [0.2, 0.25) is 0 Å². The molecule has 118 valence electrons. The molecule has 1 aromatic rings. The zero-order valence-corrected chi connectivity index (χ0v) is 13.7. The lowest BCUT2D eigenvalue weighted by Gasteiger charge is -2.24. The predicted octanol–water partition coefficient (Wildman–Crippen LogP) is 2.00. The molecule has 1 aliphatic rings. The maximum Gasteiger partial charge on any atom is 0.240 e. The Hall–Kier alpha value is -1.11. The Balaban J connectivity index is 2.05. The van der Waals surface area contributed by atoms with E-state index in [1.165, 1.54) is 0 Å². The van der Waals surface area contributed by atoms with Gasteiger partial charge < -0.3 is 10.1 Å². The number of anilines is 1. The van der Waals surface area contributed by atoms with Crippen LogP contribution < -0.4 is 10.0 Å². The van der Waals surface area contributed by atoms with E-state index in [0.717, 1.165) is 30.6 Å². The van der Waals surface area contributed by atoms with Crippen molar-refractivity contribution < 1.29 is 13.2 Å². The molecule has 6 heteroatoms. The van der Waals surface area contributed by atoms with Gasteiger partial charge in [0.25, 0.3) is 0 Å². The highest BCUT2D eigenvalue weighted by atomic mass is 32.2. The predicted molar refractivity (Wildman–Crippen MR) is 84.1 cm³/mol. The van der Waals surface area contributed by atoms with Gasteiger partial charge >= 0.3 is 0 Å². The Morgan fingerprint density at radius 3 is 2.86 bits per heavy atom. The third-order valence-electron chi connectivity index (χ3n) is 3.82. The minimum absolute atomic E-state index is 0.138. The highest BCUT2D eigenvalue weighted by Crippen LogP contribution is 2.25. The molecule has 0 aromatic heterocycles. The van der Waals surface area contributed by atoms with E-state index < -0.39 is 10.0 Å². The lowest BCUT2D eigenvalue weighted by atomic mass is 9.90. The minimum atomic E-state index is -3.46. The summed E-state index contributed by atoms with van der Waals surface area (Å²) >= 11 is 0. The smallest absolute Gasteiger partial charge is 0.240 e. The van der Waals surface area contributed by atoms with Crippen molar-refractivity contribution in [2.45, 2.75) is 31.6 Å². The summed E-state index contributed by atoms with van der Waals surface area (Å²) in [7, 11) is -1.81. The third-order valence-corrected chi connectivity index (χ3v) is 5.22. The monoisotopic (exact) mass is 312 g/mol. The van der Waals surface area contributed by atoms with Gasteiger partial charge in [0.2, 0.25) is 10.0 Å². The van der Waals surface area contributed by atoms with Gasteiger partial charge in [0, 0.05) is 32.5 Å². The number of rotatable bonds is 7. The van der Waals surface area contributed by atoms with Gasteiger partial charge in [-0.2, -0.15) is 0 Å².